The van der Waals surface area contributed by atoms with Crippen LogP contribution in [-0.4, -0.2) is 17.6 Å². The van der Waals surface area contributed by atoms with Crippen LogP contribution in [0.1, 0.15) is 23.0 Å². The highest BCUT2D eigenvalue weighted by atomic mass is 32.1. The van der Waals surface area contributed by atoms with Crippen LogP contribution in [0, 0.1) is 6.92 Å². The van der Waals surface area contributed by atoms with E-state index < -0.39 is 5.97 Å². The number of benzene rings is 1. The van der Waals surface area contributed by atoms with Crippen LogP contribution in [0.3, 0.4) is 0 Å². The number of carbonyl (C=O) groups excluding carboxylic acids is 1. The first kappa shape index (κ1) is 12.6. The van der Waals surface area contributed by atoms with Gasteiger partial charge in [-0.2, -0.15) is 0 Å². The number of nitrogens with two attached hydrogens (primary N) is 1. The Balaban J connectivity index is 2.51. The van der Waals surface area contributed by atoms with Crippen molar-refractivity contribution in [3.8, 4) is 10.4 Å². The molecule has 1 aromatic heterocycles. The van der Waals surface area contributed by atoms with Crippen LogP contribution in [0.2, 0.25) is 0 Å². The predicted octanol–water partition coefficient (Wildman–Crippen LogP) is 2.88. The van der Waals surface area contributed by atoms with Crippen LogP contribution < -0.4 is 5.73 Å². The quantitative estimate of drug-likeness (QED) is 0.864. The Morgan fingerprint density at radius 2 is 2.17 bits per heavy atom. The minimum absolute atomic E-state index is 0.300. The van der Waals surface area contributed by atoms with Crippen LogP contribution in [0.25, 0.3) is 10.4 Å². The van der Waals surface area contributed by atoms with E-state index in [0.717, 1.165) is 16.0 Å². The average Bonchev–Trinajstić information content (AvgIpc) is 2.72. The Kier molecular flexibility index (Phi) is 3.62. The molecule has 1 heterocycles. The summed E-state index contributed by atoms with van der Waals surface area (Å²) >= 11 is 1.30. The first-order chi connectivity index (χ1) is 8.63. The van der Waals surface area contributed by atoms with Gasteiger partial charge in [0.2, 0.25) is 0 Å². The topological polar surface area (TPSA) is 65.2 Å². The average molecular weight is 262 g/mol. The van der Waals surface area contributed by atoms with E-state index in [9.17, 15) is 4.79 Å². The molecular formula is C13H14N2O2S. The van der Waals surface area contributed by atoms with Gasteiger partial charge in [0, 0.05) is 0 Å². The highest BCUT2D eigenvalue weighted by Crippen LogP contribution is 2.34. The molecule has 0 aliphatic rings. The standard InChI is InChI=1S/C13H14N2O2S/c1-3-17-12(16)10-11(18-13(14)15-10)9-7-5-4-6-8(9)2/h4-7H,3H2,1-2H3,(H2,14,15). The van der Waals surface area contributed by atoms with Crippen LogP contribution in [-0.2, 0) is 4.74 Å². The second-order valence-electron chi connectivity index (χ2n) is 3.77. The molecular weight excluding hydrogens is 248 g/mol. The van der Waals surface area contributed by atoms with Crippen molar-refractivity contribution in [3.05, 3.63) is 35.5 Å². The summed E-state index contributed by atoms with van der Waals surface area (Å²) < 4.78 is 4.99. The van der Waals surface area contributed by atoms with Gasteiger partial charge < -0.3 is 10.5 Å². The number of ether oxygens (including phenoxy) is 1. The third-order valence-corrected chi connectivity index (χ3v) is 3.42. The lowest BCUT2D eigenvalue weighted by Gasteiger charge is -2.05. The SMILES string of the molecule is CCOC(=O)c1nc(N)sc1-c1ccccc1C. The number of anilines is 1. The molecule has 2 rings (SSSR count). The summed E-state index contributed by atoms with van der Waals surface area (Å²) in [6.07, 6.45) is 0. The number of hydrogen-bond acceptors (Lipinski definition) is 5. The predicted molar refractivity (Wildman–Crippen MR) is 72.7 cm³/mol. The molecule has 0 radical (unpaired) electrons. The van der Waals surface area contributed by atoms with E-state index in [1.165, 1.54) is 11.3 Å². The van der Waals surface area contributed by atoms with Gasteiger partial charge in [-0.05, 0) is 25.0 Å². The summed E-state index contributed by atoms with van der Waals surface area (Å²) in [5.74, 6) is -0.427. The van der Waals surface area contributed by atoms with Gasteiger partial charge in [0.25, 0.3) is 0 Å². The summed E-state index contributed by atoms with van der Waals surface area (Å²) in [6, 6.07) is 7.81. The maximum Gasteiger partial charge on any atom is 0.358 e. The molecule has 2 aromatic rings. The number of rotatable bonds is 3. The fourth-order valence-electron chi connectivity index (χ4n) is 1.68. The van der Waals surface area contributed by atoms with E-state index in [1.54, 1.807) is 6.92 Å². The number of esters is 1. The van der Waals surface area contributed by atoms with E-state index in [0.29, 0.717) is 17.4 Å². The smallest absolute Gasteiger partial charge is 0.358 e. The number of aryl methyl sites for hydroxylation is 1. The highest BCUT2D eigenvalue weighted by Gasteiger charge is 2.20. The van der Waals surface area contributed by atoms with Crippen LogP contribution >= 0.6 is 11.3 Å². The minimum atomic E-state index is -0.427. The van der Waals surface area contributed by atoms with Crippen LogP contribution in [0.5, 0.6) is 0 Å². The van der Waals surface area contributed by atoms with E-state index in [2.05, 4.69) is 4.98 Å². The molecule has 18 heavy (non-hydrogen) atoms. The Morgan fingerprint density at radius 1 is 1.44 bits per heavy atom. The first-order valence-corrected chi connectivity index (χ1v) is 6.44. The molecule has 94 valence electrons. The third-order valence-electron chi connectivity index (χ3n) is 2.50. The number of thiazole rings is 1. The molecule has 4 nitrogen and oxygen atoms in total. The van der Waals surface area contributed by atoms with Gasteiger partial charge >= 0.3 is 5.97 Å². The van der Waals surface area contributed by atoms with E-state index in [1.807, 2.05) is 31.2 Å². The van der Waals surface area contributed by atoms with Gasteiger partial charge in [-0.1, -0.05) is 35.6 Å². The van der Waals surface area contributed by atoms with Gasteiger partial charge in [0.15, 0.2) is 10.8 Å². The summed E-state index contributed by atoms with van der Waals surface area (Å²) in [7, 11) is 0. The number of hydrogen-bond donors (Lipinski definition) is 1. The van der Waals surface area contributed by atoms with Gasteiger partial charge in [-0.3, -0.25) is 0 Å². The van der Waals surface area contributed by atoms with Crippen molar-refractivity contribution in [1.29, 1.82) is 0 Å². The van der Waals surface area contributed by atoms with Gasteiger partial charge in [-0.25, -0.2) is 9.78 Å². The number of aromatic nitrogens is 1. The number of nitrogen functional groups attached to an aromatic ring is 1. The fraction of sp³-hybridized carbons (Fsp3) is 0.231. The zero-order chi connectivity index (χ0) is 13.1. The second-order valence-corrected chi connectivity index (χ2v) is 4.80. The fourth-order valence-corrected chi connectivity index (χ4v) is 2.60. The van der Waals surface area contributed by atoms with Crippen molar-refractivity contribution in [2.45, 2.75) is 13.8 Å². The maximum atomic E-state index is 11.8. The molecule has 0 unspecified atom stereocenters. The monoisotopic (exact) mass is 262 g/mol. The molecule has 5 heteroatoms. The zero-order valence-corrected chi connectivity index (χ0v) is 11.1. The van der Waals surface area contributed by atoms with Crippen molar-refractivity contribution < 1.29 is 9.53 Å². The summed E-state index contributed by atoms with van der Waals surface area (Å²) in [5.41, 5.74) is 8.04. The second kappa shape index (κ2) is 5.18. The van der Waals surface area contributed by atoms with Crippen molar-refractivity contribution in [2.75, 3.05) is 12.3 Å². The molecule has 0 spiro atoms. The maximum absolute atomic E-state index is 11.8. The number of nitrogens with zero attached hydrogens (tertiary/aromatic N) is 1. The molecule has 0 aliphatic carbocycles. The Morgan fingerprint density at radius 3 is 2.83 bits per heavy atom. The first-order valence-electron chi connectivity index (χ1n) is 5.63. The largest absolute Gasteiger partial charge is 0.461 e. The molecule has 0 bridgehead atoms. The van der Waals surface area contributed by atoms with Gasteiger partial charge in [0.05, 0.1) is 11.5 Å². The van der Waals surface area contributed by atoms with Crippen molar-refractivity contribution in [3.63, 3.8) is 0 Å². The lowest BCUT2D eigenvalue weighted by molar-refractivity contribution is 0.0521. The molecule has 2 N–H and O–H groups in total. The summed E-state index contributed by atoms with van der Waals surface area (Å²) in [4.78, 5) is 16.7. The molecule has 1 aromatic carbocycles. The molecule has 0 atom stereocenters. The van der Waals surface area contributed by atoms with E-state index >= 15 is 0 Å². The molecule has 0 saturated heterocycles. The normalized spacial score (nSPS) is 10.3. The van der Waals surface area contributed by atoms with Crippen LogP contribution in [0.15, 0.2) is 24.3 Å². The Labute approximate surface area is 109 Å². The molecule has 0 fully saturated rings. The van der Waals surface area contributed by atoms with E-state index in [4.69, 9.17) is 10.5 Å². The number of carbonyl (C=O) groups is 1. The molecule has 0 aliphatic heterocycles. The Bertz CT molecular complexity index is 578. The zero-order valence-electron chi connectivity index (χ0n) is 10.3. The lowest BCUT2D eigenvalue weighted by Crippen LogP contribution is -2.06. The van der Waals surface area contributed by atoms with E-state index in [-0.39, 0.29) is 0 Å². The molecule has 0 amide bonds. The summed E-state index contributed by atoms with van der Waals surface area (Å²) in [6.45, 7) is 4.07. The Hall–Kier alpha value is -1.88. The van der Waals surface area contributed by atoms with Crippen LogP contribution in [0.4, 0.5) is 5.13 Å². The van der Waals surface area contributed by atoms with Gasteiger partial charge in [0.1, 0.15) is 0 Å². The third kappa shape index (κ3) is 2.36. The highest BCUT2D eigenvalue weighted by molar-refractivity contribution is 7.19. The van der Waals surface area contributed by atoms with Crippen molar-refractivity contribution in [2.24, 2.45) is 0 Å². The lowest BCUT2D eigenvalue weighted by atomic mass is 10.1. The minimum Gasteiger partial charge on any atom is -0.461 e. The van der Waals surface area contributed by atoms with Crippen molar-refractivity contribution in [1.82, 2.24) is 4.98 Å². The van der Waals surface area contributed by atoms with Crippen molar-refractivity contribution >= 4 is 22.4 Å². The summed E-state index contributed by atoms with van der Waals surface area (Å²) in [5, 5.41) is 0.372. The molecule has 0 saturated carbocycles. The van der Waals surface area contributed by atoms with Gasteiger partial charge in [-0.15, -0.1) is 0 Å².